The van der Waals surface area contributed by atoms with E-state index in [1.54, 1.807) is 36.2 Å². The first-order valence-electron chi connectivity index (χ1n) is 11.0. The number of hydrogen-bond acceptors (Lipinski definition) is 2. The highest BCUT2D eigenvalue weighted by molar-refractivity contribution is 6.05. The Balaban J connectivity index is 1.64. The fourth-order valence-electron chi connectivity index (χ4n) is 4.95. The molecule has 2 atom stereocenters. The number of carbonyl (C=O) groups excluding carboxylic acids is 2. The maximum atomic E-state index is 13.7. The summed E-state index contributed by atoms with van der Waals surface area (Å²) in [5.74, 6) is -1.55. The molecule has 0 saturated carbocycles. The molecule has 4 aromatic rings. The van der Waals surface area contributed by atoms with Crippen molar-refractivity contribution in [2.24, 2.45) is 7.05 Å². The van der Waals surface area contributed by atoms with Gasteiger partial charge in [-0.3, -0.25) is 9.59 Å². The second-order valence-corrected chi connectivity index (χ2v) is 8.71. The predicted molar refractivity (Wildman–Crippen MR) is 127 cm³/mol. The Bertz CT molecular complexity index is 1460. The lowest BCUT2D eigenvalue weighted by atomic mass is 9.79. The van der Waals surface area contributed by atoms with Crippen LogP contribution in [0.2, 0.25) is 0 Å². The third kappa shape index (κ3) is 3.84. The molecule has 1 aliphatic rings. The van der Waals surface area contributed by atoms with Crippen LogP contribution < -0.4 is 5.32 Å². The number of alkyl halides is 3. The number of amides is 2. The molecule has 0 fully saturated rings. The molecule has 0 saturated heterocycles. The minimum atomic E-state index is -4.53. The van der Waals surface area contributed by atoms with Crippen molar-refractivity contribution >= 4 is 28.4 Å². The van der Waals surface area contributed by atoms with Crippen molar-refractivity contribution < 1.29 is 22.8 Å². The molecule has 178 valence electrons. The molecule has 0 aliphatic carbocycles. The number of para-hydroxylation sites is 1. The van der Waals surface area contributed by atoms with Crippen LogP contribution in [0.15, 0.2) is 79.0 Å². The van der Waals surface area contributed by atoms with Gasteiger partial charge in [0.2, 0.25) is 5.91 Å². The van der Waals surface area contributed by atoms with Crippen molar-refractivity contribution in [1.29, 1.82) is 0 Å². The first-order valence-corrected chi connectivity index (χ1v) is 11.0. The number of anilines is 1. The highest BCUT2D eigenvalue weighted by Gasteiger charge is 2.43. The summed E-state index contributed by atoms with van der Waals surface area (Å²) in [6.07, 6.45) is -2.63. The van der Waals surface area contributed by atoms with Crippen LogP contribution in [-0.2, 0) is 18.0 Å². The molecular weight excluding hydrogens is 455 g/mol. The Morgan fingerprint density at radius 2 is 1.63 bits per heavy atom. The first-order chi connectivity index (χ1) is 16.7. The normalized spacial score (nSPS) is 18.0. The van der Waals surface area contributed by atoms with Gasteiger partial charge in [0, 0.05) is 48.0 Å². The van der Waals surface area contributed by atoms with Gasteiger partial charge in [0.1, 0.15) is 0 Å². The largest absolute Gasteiger partial charge is 0.416 e. The molecule has 2 amide bonds. The van der Waals surface area contributed by atoms with Crippen molar-refractivity contribution in [1.82, 2.24) is 9.47 Å². The van der Waals surface area contributed by atoms with E-state index in [1.807, 2.05) is 42.1 Å². The Morgan fingerprint density at radius 1 is 0.914 bits per heavy atom. The molecule has 1 aliphatic heterocycles. The van der Waals surface area contributed by atoms with E-state index in [2.05, 4.69) is 5.32 Å². The average molecular weight is 477 g/mol. The molecule has 0 unspecified atom stereocenters. The van der Waals surface area contributed by atoms with Crippen LogP contribution in [0.5, 0.6) is 0 Å². The van der Waals surface area contributed by atoms with E-state index in [1.165, 1.54) is 12.1 Å². The summed E-state index contributed by atoms with van der Waals surface area (Å²) >= 11 is 0. The lowest BCUT2D eigenvalue weighted by Crippen LogP contribution is -2.44. The molecule has 0 spiro atoms. The topological polar surface area (TPSA) is 54.3 Å². The van der Waals surface area contributed by atoms with Crippen molar-refractivity contribution in [3.8, 4) is 0 Å². The van der Waals surface area contributed by atoms with Crippen LogP contribution in [0.25, 0.3) is 10.9 Å². The fourth-order valence-corrected chi connectivity index (χ4v) is 4.95. The summed E-state index contributed by atoms with van der Waals surface area (Å²) < 4.78 is 41.6. The Labute approximate surface area is 199 Å². The Hall–Kier alpha value is -4.07. The third-order valence-corrected chi connectivity index (χ3v) is 6.57. The Morgan fingerprint density at radius 3 is 2.40 bits per heavy atom. The maximum absolute atomic E-state index is 13.7. The minimum Gasteiger partial charge on any atom is -0.350 e. The van der Waals surface area contributed by atoms with Gasteiger partial charge in [-0.05, 0) is 35.9 Å². The van der Waals surface area contributed by atoms with E-state index in [4.69, 9.17) is 0 Å². The van der Waals surface area contributed by atoms with E-state index in [-0.39, 0.29) is 11.6 Å². The first kappa shape index (κ1) is 22.7. The zero-order valence-corrected chi connectivity index (χ0v) is 19.0. The quantitative estimate of drug-likeness (QED) is 0.409. The van der Waals surface area contributed by atoms with Crippen LogP contribution in [0, 0.1) is 0 Å². The molecule has 1 N–H and O–H groups in total. The summed E-state index contributed by atoms with van der Waals surface area (Å²) in [4.78, 5) is 28.6. The molecule has 5 rings (SSSR count). The molecule has 2 heterocycles. The van der Waals surface area contributed by atoms with Gasteiger partial charge < -0.3 is 14.8 Å². The molecule has 3 aromatic carbocycles. The Kier molecular flexibility index (Phi) is 5.39. The molecule has 0 radical (unpaired) electrons. The molecule has 8 heteroatoms. The fraction of sp³-hybridized carbons (Fsp3) is 0.185. The molecule has 35 heavy (non-hydrogen) atoms. The molecule has 1 aromatic heterocycles. The molecule has 5 nitrogen and oxygen atoms in total. The molecule has 0 bridgehead atoms. The number of aromatic nitrogens is 1. The number of likely N-dealkylation sites (N-methyl/N-ethyl adjacent to an activating group) is 1. The second kappa shape index (κ2) is 8.30. The number of carbonyl (C=O) groups is 2. The van der Waals surface area contributed by atoms with Gasteiger partial charge in [-0.2, -0.15) is 13.2 Å². The van der Waals surface area contributed by atoms with Crippen LogP contribution >= 0.6 is 0 Å². The van der Waals surface area contributed by atoms with Gasteiger partial charge >= 0.3 is 6.18 Å². The van der Waals surface area contributed by atoms with E-state index < -0.39 is 29.6 Å². The number of benzene rings is 3. The standard InChI is InChI=1S/C27H22F3N3O2/c1-32-15-21(18-10-5-6-13-22(18)32)24-23(19-11-3-4-12-20(19)26(35)33(24)2)25(34)31-17-9-7-8-16(14-17)27(28,29)30/h3-15,23-24H,1-2H3,(H,31,34)/t23-,24-/m1/s1. The van der Waals surface area contributed by atoms with Crippen molar-refractivity contribution in [3.63, 3.8) is 0 Å². The number of nitrogens with one attached hydrogen (secondary N) is 1. The number of aryl methyl sites for hydroxylation is 1. The average Bonchev–Trinajstić information content (AvgIpc) is 3.17. The number of rotatable bonds is 3. The lowest BCUT2D eigenvalue weighted by molar-refractivity contribution is -0.137. The van der Waals surface area contributed by atoms with Gasteiger partial charge in [-0.1, -0.05) is 42.5 Å². The third-order valence-electron chi connectivity index (χ3n) is 6.57. The van der Waals surface area contributed by atoms with Gasteiger partial charge in [0.15, 0.2) is 0 Å². The van der Waals surface area contributed by atoms with Gasteiger partial charge in [-0.15, -0.1) is 0 Å². The zero-order valence-electron chi connectivity index (χ0n) is 19.0. The van der Waals surface area contributed by atoms with Gasteiger partial charge in [0.25, 0.3) is 5.91 Å². The number of fused-ring (bicyclic) bond motifs is 2. The van der Waals surface area contributed by atoms with E-state index in [9.17, 15) is 22.8 Å². The van der Waals surface area contributed by atoms with Crippen LogP contribution in [-0.4, -0.2) is 28.3 Å². The lowest BCUT2D eigenvalue weighted by Gasteiger charge is -2.39. The van der Waals surface area contributed by atoms with Crippen LogP contribution in [0.1, 0.15) is 39.0 Å². The van der Waals surface area contributed by atoms with E-state index >= 15 is 0 Å². The summed E-state index contributed by atoms with van der Waals surface area (Å²) in [5, 5.41) is 3.57. The SMILES string of the molecule is CN1C(=O)c2ccccc2[C@@H](C(=O)Nc2cccc(C(F)(F)F)c2)[C@H]1c1cn(C)c2ccccc12. The van der Waals surface area contributed by atoms with Gasteiger partial charge in [0.05, 0.1) is 17.5 Å². The number of hydrogen-bond donors (Lipinski definition) is 1. The monoisotopic (exact) mass is 477 g/mol. The highest BCUT2D eigenvalue weighted by atomic mass is 19.4. The highest BCUT2D eigenvalue weighted by Crippen LogP contribution is 2.45. The van der Waals surface area contributed by atoms with Crippen LogP contribution in [0.4, 0.5) is 18.9 Å². The summed E-state index contributed by atoms with van der Waals surface area (Å²) in [6.45, 7) is 0. The number of halogens is 3. The summed E-state index contributed by atoms with van der Waals surface area (Å²) in [6, 6.07) is 18.5. The molecular formula is C27H22F3N3O2. The van der Waals surface area contributed by atoms with Crippen molar-refractivity contribution in [3.05, 3.63) is 101 Å². The van der Waals surface area contributed by atoms with Crippen LogP contribution in [0.3, 0.4) is 0 Å². The van der Waals surface area contributed by atoms with Crippen molar-refractivity contribution in [2.45, 2.75) is 18.1 Å². The zero-order chi connectivity index (χ0) is 24.9. The second-order valence-electron chi connectivity index (χ2n) is 8.71. The predicted octanol–water partition coefficient (Wildman–Crippen LogP) is 5.75. The maximum Gasteiger partial charge on any atom is 0.416 e. The van der Waals surface area contributed by atoms with E-state index in [0.29, 0.717) is 11.1 Å². The van der Waals surface area contributed by atoms with Crippen molar-refractivity contribution in [2.75, 3.05) is 12.4 Å². The number of nitrogens with zero attached hydrogens (tertiary/aromatic N) is 2. The minimum absolute atomic E-state index is 0.0403. The van der Waals surface area contributed by atoms with Gasteiger partial charge in [-0.25, -0.2) is 0 Å². The summed E-state index contributed by atoms with van der Waals surface area (Å²) in [5.41, 5.74) is 1.86. The smallest absolute Gasteiger partial charge is 0.350 e. The summed E-state index contributed by atoms with van der Waals surface area (Å²) in [7, 11) is 3.54. The van der Waals surface area contributed by atoms with E-state index in [0.717, 1.165) is 28.6 Å².